The van der Waals surface area contributed by atoms with Crippen molar-refractivity contribution in [1.82, 2.24) is 9.55 Å². The molecule has 0 atom stereocenters. The zero-order valence-corrected chi connectivity index (χ0v) is 12.5. The highest BCUT2D eigenvalue weighted by Gasteiger charge is 2.30. The number of carbonyl (C=O) groups excluding carboxylic acids is 1. The molecule has 0 aromatic carbocycles. The third kappa shape index (κ3) is 2.75. The molecule has 0 aliphatic rings. The highest BCUT2D eigenvalue weighted by molar-refractivity contribution is 6.03. The number of imidazole rings is 1. The number of aryl methyl sites for hydroxylation is 1. The molecule has 3 rings (SSSR count). The minimum absolute atomic E-state index is 0.0189. The van der Waals surface area contributed by atoms with Crippen LogP contribution in [0.5, 0.6) is 5.88 Å². The van der Waals surface area contributed by atoms with Gasteiger partial charge in [-0.3, -0.25) is 4.79 Å². The van der Waals surface area contributed by atoms with E-state index in [9.17, 15) is 14.3 Å². The number of hydrogen-bond donors (Lipinski definition) is 2. The first-order chi connectivity index (χ1) is 11.6. The minimum atomic E-state index is -0.637. The molecule has 0 fully saturated rings. The summed E-state index contributed by atoms with van der Waals surface area (Å²) >= 11 is 0. The van der Waals surface area contributed by atoms with Gasteiger partial charge >= 0.3 is 11.8 Å². The SMILES string of the molecule is N#CCCn1c(O)c(C(=O)Nc2cc(F)ccn2)[n+]2ccccc12. The lowest BCUT2D eigenvalue weighted by Crippen LogP contribution is -2.30. The summed E-state index contributed by atoms with van der Waals surface area (Å²) in [4.78, 5) is 16.4. The fourth-order valence-electron chi connectivity index (χ4n) is 2.43. The Kier molecular flexibility index (Phi) is 4.07. The Balaban J connectivity index is 2.04. The lowest BCUT2D eigenvalue weighted by Gasteiger charge is -2.01. The average molecular weight is 326 g/mol. The molecule has 3 aromatic rings. The molecule has 3 heterocycles. The van der Waals surface area contributed by atoms with E-state index in [2.05, 4.69) is 10.3 Å². The van der Waals surface area contributed by atoms with Gasteiger partial charge in [0.25, 0.3) is 11.3 Å². The third-order valence-electron chi connectivity index (χ3n) is 3.45. The number of halogens is 1. The van der Waals surface area contributed by atoms with E-state index in [0.29, 0.717) is 5.65 Å². The largest absolute Gasteiger partial charge is 0.475 e. The Hall–Kier alpha value is -3.47. The number of carbonyl (C=O) groups is 1. The van der Waals surface area contributed by atoms with Crippen molar-refractivity contribution in [3.8, 4) is 11.9 Å². The molecule has 0 aliphatic heterocycles. The van der Waals surface area contributed by atoms with Crippen molar-refractivity contribution in [2.75, 3.05) is 5.32 Å². The van der Waals surface area contributed by atoms with Crippen molar-refractivity contribution in [2.45, 2.75) is 13.0 Å². The van der Waals surface area contributed by atoms with Crippen molar-refractivity contribution < 1.29 is 18.7 Å². The number of nitrogens with zero attached hydrogens (tertiary/aromatic N) is 4. The molecule has 2 N–H and O–H groups in total. The lowest BCUT2D eigenvalue weighted by molar-refractivity contribution is -0.513. The number of nitrogens with one attached hydrogen (secondary N) is 1. The normalized spacial score (nSPS) is 10.5. The van der Waals surface area contributed by atoms with Gasteiger partial charge in [-0.15, -0.1) is 0 Å². The maximum absolute atomic E-state index is 13.2. The molecule has 24 heavy (non-hydrogen) atoms. The molecule has 0 unspecified atom stereocenters. The second-order valence-corrected chi connectivity index (χ2v) is 4.97. The first-order valence-electron chi connectivity index (χ1n) is 7.13. The molecule has 7 nitrogen and oxygen atoms in total. The smallest absolute Gasteiger partial charge is 0.337 e. The molecule has 0 bridgehead atoms. The summed E-state index contributed by atoms with van der Waals surface area (Å²) in [7, 11) is 0. The van der Waals surface area contributed by atoms with E-state index < -0.39 is 11.7 Å². The van der Waals surface area contributed by atoms with E-state index in [-0.39, 0.29) is 30.4 Å². The van der Waals surface area contributed by atoms with Crippen molar-refractivity contribution in [1.29, 1.82) is 5.26 Å². The van der Waals surface area contributed by atoms with E-state index in [1.54, 1.807) is 24.4 Å². The molecule has 120 valence electrons. The van der Waals surface area contributed by atoms with Crippen LogP contribution in [0, 0.1) is 17.1 Å². The zero-order chi connectivity index (χ0) is 17.1. The number of aromatic hydroxyl groups is 1. The van der Waals surface area contributed by atoms with Crippen LogP contribution >= 0.6 is 0 Å². The van der Waals surface area contributed by atoms with Crippen LogP contribution in [-0.2, 0) is 6.54 Å². The molecule has 1 amide bonds. The molecule has 0 saturated heterocycles. The highest BCUT2D eigenvalue weighted by atomic mass is 19.1. The molecule has 0 radical (unpaired) electrons. The molecule has 0 saturated carbocycles. The summed E-state index contributed by atoms with van der Waals surface area (Å²) in [5.74, 6) is -1.41. The van der Waals surface area contributed by atoms with Crippen molar-refractivity contribution >= 4 is 17.4 Å². The molecular formula is C16H13FN5O2+. The molecule has 0 aliphatic carbocycles. The summed E-state index contributed by atoms with van der Waals surface area (Å²) in [6.45, 7) is 0.237. The number of aromatic nitrogens is 3. The van der Waals surface area contributed by atoms with Crippen LogP contribution in [0.25, 0.3) is 5.65 Å². The quantitative estimate of drug-likeness (QED) is 0.712. The Morgan fingerprint density at radius 2 is 2.29 bits per heavy atom. The Morgan fingerprint density at radius 3 is 3.04 bits per heavy atom. The van der Waals surface area contributed by atoms with Gasteiger partial charge in [0, 0.05) is 18.3 Å². The standard InChI is InChI=1S/C16H12FN5O2/c17-11-5-7-19-12(10-11)20-15(23)14-16(24)22(9-3-6-18)13-4-1-2-8-21(13)14/h1-2,4-5,7-8,10H,3,9H2,(H-,19,20,23,24)/p+1. The number of amides is 1. The summed E-state index contributed by atoms with van der Waals surface area (Å²) in [5, 5.41) is 21.6. The predicted octanol–water partition coefficient (Wildman–Crippen LogP) is 1.63. The Labute approximate surface area is 136 Å². The van der Waals surface area contributed by atoms with Crippen LogP contribution in [0.15, 0.2) is 42.7 Å². The first-order valence-corrected chi connectivity index (χ1v) is 7.13. The number of rotatable bonds is 4. The summed E-state index contributed by atoms with van der Waals surface area (Å²) in [6.07, 6.45) is 3.03. The van der Waals surface area contributed by atoms with E-state index in [1.165, 1.54) is 15.2 Å². The highest BCUT2D eigenvalue weighted by Crippen LogP contribution is 2.20. The van der Waals surface area contributed by atoms with E-state index in [4.69, 9.17) is 5.26 Å². The number of pyridine rings is 2. The van der Waals surface area contributed by atoms with E-state index in [0.717, 1.165) is 12.1 Å². The molecular weight excluding hydrogens is 313 g/mol. The summed E-state index contributed by atoms with van der Waals surface area (Å²) in [6, 6.07) is 9.42. The maximum Gasteiger partial charge on any atom is 0.337 e. The second-order valence-electron chi connectivity index (χ2n) is 4.97. The van der Waals surface area contributed by atoms with Gasteiger partial charge in [0.05, 0.1) is 18.7 Å². The van der Waals surface area contributed by atoms with Crippen LogP contribution in [0.3, 0.4) is 0 Å². The molecule has 3 aromatic heterocycles. The van der Waals surface area contributed by atoms with Crippen LogP contribution < -0.4 is 9.72 Å². The van der Waals surface area contributed by atoms with Crippen LogP contribution in [0.4, 0.5) is 10.2 Å². The van der Waals surface area contributed by atoms with Gasteiger partial charge in [0.15, 0.2) is 0 Å². The fourth-order valence-corrected chi connectivity index (χ4v) is 2.43. The molecule has 0 spiro atoms. The fraction of sp³-hybridized carbons (Fsp3) is 0.125. The summed E-state index contributed by atoms with van der Waals surface area (Å²) in [5.41, 5.74) is 0.539. The van der Waals surface area contributed by atoms with Crippen LogP contribution in [0.1, 0.15) is 16.9 Å². The van der Waals surface area contributed by atoms with Crippen LogP contribution in [-0.4, -0.2) is 20.6 Å². The number of hydrogen-bond acceptors (Lipinski definition) is 4. The van der Waals surface area contributed by atoms with Crippen LogP contribution in [0.2, 0.25) is 0 Å². The van der Waals surface area contributed by atoms with Crippen molar-refractivity contribution in [3.05, 3.63) is 54.2 Å². The minimum Gasteiger partial charge on any atom is -0.475 e. The van der Waals surface area contributed by atoms with E-state index in [1.807, 2.05) is 6.07 Å². The number of nitriles is 1. The van der Waals surface area contributed by atoms with Gasteiger partial charge in [-0.05, 0) is 12.1 Å². The molecule has 8 heteroatoms. The topological polar surface area (TPSA) is 95.0 Å². The Morgan fingerprint density at radius 1 is 1.46 bits per heavy atom. The maximum atomic E-state index is 13.2. The van der Waals surface area contributed by atoms with Gasteiger partial charge in [0.1, 0.15) is 18.2 Å². The lowest BCUT2D eigenvalue weighted by atomic mass is 10.3. The van der Waals surface area contributed by atoms with Crippen molar-refractivity contribution in [3.63, 3.8) is 0 Å². The average Bonchev–Trinajstić information content (AvgIpc) is 2.84. The van der Waals surface area contributed by atoms with Crippen molar-refractivity contribution in [2.24, 2.45) is 0 Å². The third-order valence-corrected chi connectivity index (χ3v) is 3.45. The van der Waals surface area contributed by atoms with Gasteiger partial charge in [-0.1, -0.05) is 6.07 Å². The first kappa shape index (κ1) is 15.4. The number of anilines is 1. The zero-order valence-electron chi connectivity index (χ0n) is 12.5. The van der Waals surface area contributed by atoms with Gasteiger partial charge in [-0.25, -0.2) is 9.37 Å². The number of fused-ring (bicyclic) bond motifs is 1. The van der Waals surface area contributed by atoms with Gasteiger partial charge in [0.2, 0.25) is 0 Å². The summed E-state index contributed by atoms with van der Waals surface area (Å²) < 4.78 is 16.2. The van der Waals surface area contributed by atoms with Gasteiger partial charge in [-0.2, -0.15) is 14.2 Å². The predicted molar refractivity (Wildman–Crippen MR) is 81.6 cm³/mol. The van der Waals surface area contributed by atoms with Gasteiger partial charge < -0.3 is 10.4 Å². The van der Waals surface area contributed by atoms with E-state index >= 15 is 0 Å². The second kappa shape index (κ2) is 6.34. The Bertz CT molecular complexity index is 961. The monoisotopic (exact) mass is 326 g/mol.